The van der Waals surface area contributed by atoms with E-state index >= 15 is 0 Å². The molecule has 1 nitrogen and oxygen atoms in total. The molecule has 0 radical (unpaired) electrons. The zero-order chi connectivity index (χ0) is 11.2. The van der Waals surface area contributed by atoms with Crippen LogP contribution in [0.1, 0.15) is 40.0 Å². The van der Waals surface area contributed by atoms with Gasteiger partial charge in [0.2, 0.25) is 0 Å². The molecule has 1 aliphatic rings. The summed E-state index contributed by atoms with van der Waals surface area (Å²) in [4.78, 5) is 0. The van der Waals surface area contributed by atoms with E-state index in [4.69, 9.17) is 5.73 Å². The maximum atomic E-state index is 12.7. The molecular formula is C10H18F3N. The average molecular weight is 209 g/mol. The van der Waals surface area contributed by atoms with Gasteiger partial charge in [-0.25, -0.2) is 0 Å². The fourth-order valence-electron chi connectivity index (χ4n) is 2.33. The summed E-state index contributed by atoms with van der Waals surface area (Å²) >= 11 is 0. The largest absolute Gasteiger partial charge is 0.406 e. The average Bonchev–Trinajstić information content (AvgIpc) is 1.94. The third-order valence-electron chi connectivity index (χ3n) is 3.48. The van der Waals surface area contributed by atoms with Crippen molar-refractivity contribution < 1.29 is 13.2 Å². The highest BCUT2D eigenvalue weighted by molar-refractivity contribution is 5.01. The van der Waals surface area contributed by atoms with E-state index < -0.39 is 17.6 Å². The van der Waals surface area contributed by atoms with Crippen molar-refractivity contribution in [3.05, 3.63) is 0 Å². The first-order valence-electron chi connectivity index (χ1n) is 4.94. The molecule has 4 heteroatoms. The van der Waals surface area contributed by atoms with Crippen molar-refractivity contribution in [2.75, 3.05) is 0 Å². The Balaban J connectivity index is 2.85. The minimum Gasteiger partial charge on any atom is -0.317 e. The number of alkyl halides is 3. The topological polar surface area (TPSA) is 26.0 Å². The van der Waals surface area contributed by atoms with Crippen LogP contribution in [0.4, 0.5) is 13.2 Å². The van der Waals surface area contributed by atoms with Crippen LogP contribution in [0.2, 0.25) is 0 Å². The molecule has 0 bridgehead atoms. The molecule has 0 heterocycles. The van der Waals surface area contributed by atoms with E-state index in [0.717, 1.165) is 0 Å². The zero-order valence-corrected chi connectivity index (χ0v) is 8.91. The molecule has 1 saturated carbocycles. The van der Waals surface area contributed by atoms with Crippen LogP contribution in [-0.4, -0.2) is 11.7 Å². The molecule has 0 aromatic rings. The quantitative estimate of drug-likeness (QED) is 0.651. The standard InChI is InChI=1S/C10H18F3N/c1-7-6-8(2,3)4-5-9(7,14)10(11,12)13/h7H,4-6,14H2,1-3H3. The molecule has 2 unspecified atom stereocenters. The third kappa shape index (κ3) is 1.90. The lowest BCUT2D eigenvalue weighted by Gasteiger charge is -2.46. The summed E-state index contributed by atoms with van der Waals surface area (Å²) in [5.74, 6) is -0.494. The van der Waals surface area contributed by atoms with Gasteiger partial charge in [-0.2, -0.15) is 13.2 Å². The van der Waals surface area contributed by atoms with Gasteiger partial charge in [0.25, 0.3) is 0 Å². The summed E-state index contributed by atoms with van der Waals surface area (Å²) < 4.78 is 38.1. The summed E-state index contributed by atoms with van der Waals surface area (Å²) in [5, 5.41) is 0. The molecule has 1 rings (SSSR count). The van der Waals surface area contributed by atoms with Crippen molar-refractivity contribution in [2.45, 2.75) is 51.7 Å². The minimum atomic E-state index is -4.27. The fourth-order valence-corrected chi connectivity index (χ4v) is 2.33. The Morgan fingerprint density at radius 3 is 2.07 bits per heavy atom. The summed E-state index contributed by atoms with van der Waals surface area (Å²) in [5.41, 5.74) is 3.50. The lowest BCUT2D eigenvalue weighted by molar-refractivity contribution is -0.213. The van der Waals surface area contributed by atoms with E-state index in [2.05, 4.69) is 0 Å². The SMILES string of the molecule is CC1CC(C)(C)CCC1(N)C(F)(F)F. The predicted molar refractivity (Wildman–Crippen MR) is 49.8 cm³/mol. The number of nitrogens with two attached hydrogens (primary N) is 1. The van der Waals surface area contributed by atoms with E-state index in [1.54, 1.807) is 6.92 Å². The second-order valence-electron chi connectivity index (χ2n) is 5.31. The smallest absolute Gasteiger partial charge is 0.317 e. The Kier molecular flexibility index (Phi) is 2.64. The molecule has 2 N–H and O–H groups in total. The van der Waals surface area contributed by atoms with Crippen LogP contribution >= 0.6 is 0 Å². The van der Waals surface area contributed by atoms with Crippen LogP contribution in [0.3, 0.4) is 0 Å². The molecule has 2 atom stereocenters. The lowest BCUT2D eigenvalue weighted by atomic mass is 9.64. The van der Waals surface area contributed by atoms with Crippen molar-refractivity contribution in [1.29, 1.82) is 0 Å². The molecule has 0 spiro atoms. The van der Waals surface area contributed by atoms with Gasteiger partial charge in [-0.1, -0.05) is 20.8 Å². The molecule has 84 valence electrons. The predicted octanol–water partition coefficient (Wildman–Crippen LogP) is 3.09. The van der Waals surface area contributed by atoms with Crippen LogP contribution in [0, 0.1) is 11.3 Å². The minimum absolute atomic E-state index is 0.00641. The monoisotopic (exact) mass is 209 g/mol. The van der Waals surface area contributed by atoms with Gasteiger partial charge in [0.15, 0.2) is 0 Å². The van der Waals surface area contributed by atoms with Crippen molar-refractivity contribution in [3.63, 3.8) is 0 Å². The molecule has 1 fully saturated rings. The van der Waals surface area contributed by atoms with Crippen LogP contribution < -0.4 is 5.73 Å². The van der Waals surface area contributed by atoms with Crippen LogP contribution in [0.15, 0.2) is 0 Å². The molecule has 0 aromatic carbocycles. The summed E-state index contributed by atoms with van der Waals surface area (Å²) in [6.45, 7) is 5.60. The van der Waals surface area contributed by atoms with E-state index in [9.17, 15) is 13.2 Å². The van der Waals surface area contributed by atoms with E-state index in [1.807, 2.05) is 13.8 Å². The Bertz CT molecular complexity index is 222. The normalized spacial score (nSPS) is 38.4. The molecule has 14 heavy (non-hydrogen) atoms. The zero-order valence-electron chi connectivity index (χ0n) is 8.91. The van der Waals surface area contributed by atoms with Crippen molar-refractivity contribution in [2.24, 2.45) is 17.1 Å². The van der Waals surface area contributed by atoms with Gasteiger partial charge in [-0.05, 0) is 30.6 Å². The Hall–Kier alpha value is -0.250. The molecule has 0 amide bonds. The fraction of sp³-hybridized carbons (Fsp3) is 1.00. The molecular weight excluding hydrogens is 191 g/mol. The highest BCUT2D eigenvalue weighted by Crippen LogP contribution is 2.49. The Morgan fingerprint density at radius 2 is 1.71 bits per heavy atom. The van der Waals surface area contributed by atoms with Gasteiger partial charge < -0.3 is 5.73 Å². The first kappa shape index (κ1) is 11.8. The van der Waals surface area contributed by atoms with Crippen molar-refractivity contribution >= 4 is 0 Å². The van der Waals surface area contributed by atoms with Gasteiger partial charge >= 0.3 is 6.18 Å². The Labute approximate surface area is 82.9 Å². The first-order valence-corrected chi connectivity index (χ1v) is 4.94. The maximum Gasteiger partial charge on any atom is 0.406 e. The van der Waals surface area contributed by atoms with Gasteiger partial charge in [-0.3, -0.25) is 0 Å². The van der Waals surface area contributed by atoms with E-state index in [0.29, 0.717) is 12.8 Å². The van der Waals surface area contributed by atoms with Gasteiger partial charge in [-0.15, -0.1) is 0 Å². The van der Waals surface area contributed by atoms with Gasteiger partial charge in [0, 0.05) is 0 Å². The number of rotatable bonds is 0. The summed E-state index contributed by atoms with van der Waals surface area (Å²) in [6, 6.07) is 0. The van der Waals surface area contributed by atoms with Crippen molar-refractivity contribution in [3.8, 4) is 0 Å². The number of hydrogen-bond acceptors (Lipinski definition) is 1. The number of hydrogen-bond donors (Lipinski definition) is 1. The second-order valence-corrected chi connectivity index (χ2v) is 5.31. The molecule has 0 aromatic heterocycles. The third-order valence-corrected chi connectivity index (χ3v) is 3.48. The molecule has 0 saturated heterocycles. The summed E-state index contributed by atoms with van der Waals surface area (Å²) in [7, 11) is 0. The number of halogens is 3. The first-order chi connectivity index (χ1) is 6.08. The molecule has 1 aliphatic carbocycles. The van der Waals surface area contributed by atoms with Gasteiger partial charge in [0.05, 0.1) is 0 Å². The highest BCUT2D eigenvalue weighted by Gasteiger charge is 2.57. The van der Waals surface area contributed by atoms with Gasteiger partial charge in [0.1, 0.15) is 5.54 Å². The lowest BCUT2D eigenvalue weighted by Crippen LogP contribution is -2.61. The van der Waals surface area contributed by atoms with Crippen LogP contribution in [0.25, 0.3) is 0 Å². The van der Waals surface area contributed by atoms with Crippen molar-refractivity contribution in [1.82, 2.24) is 0 Å². The highest BCUT2D eigenvalue weighted by atomic mass is 19.4. The Morgan fingerprint density at radius 1 is 1.21 bits per heavy atom. The second kappa shape index (κ2) is 3.12. The van der Waals surface area contributed by atoms with Crippen LogP contribution in [-0.2, 0) is 0 Å². The summed E-state index contributed by atoms with van der Waals surface area (Å²) in [6.07, 6.45) is -3.13. The van der Waals surface area contributed by atoms with E-state index in [-0.39, 0.29) is 11.8 Å². The maximum absolute atomic E-state index is 12.7. The van der Waals surface area contributed by atoms with E-state index in [1.165, 1.54) is 0 Å². The molecule has 0 aliphatic heterocycles. The van der Waals surface area contributed by atoms with Crippen LogP contribution in [0.5, 0.6) is 0 Å².